The highest BCUT2D eigenvalue weighted by Gasteiger charge is 1.91. The maximum atomic E-state index is 10.9. The molecule has 0 spiro atoms. The first-order chi connectivity index (χ1) is 6.22. The van der Waals surface area contributed by atoms with Crippen LogP contribution in [-0.2, 0) is 4.79 Å². The summed E-state index contributed by atoms with van der Waals surface area (Å²) in [5.41, 5.74) is 0.989. The van der Waals surface area contributed by atoms with Crippen LogP contribution in [0.5, 0.6) is 0 Å². The predicted octanol–water partition coefficient (Wildman–Crippen LogP) is 3.36. The molecule has 0 atom stereocenters. The average molecular weight is 307 g/mol. The molecule has 1 aromatic carbocycles. The molecule has 0 radical (unpaired) electrons. The molecule has 0 aliphatic carbocycles. The molecule has 0 saturated heterocycles. The first-order valence-electron chi connectivity index (χ1n) is 3.75. The number of hydrogen-bond acceptors (Lipinski definition) is 1. The summed E-state index contributed by atoms with van der Waals surface area (Å²) in [6.45, 7) is 0. The van der Waals surface area contributed by atoms with Crippen LogP contribution in [0.25, 0.3) is 6.08 Å². The Hall–Kier alpha value is -0.350. The smallest absolute Gasteiger partial charge is 0.165 e. The lowest BCUT2D eigenvalue weighted by atomic mass is 10.2. The Kier molecular flexibility index (Phi) is 4.45. The van der Waals surface area contributed by atoms with E-state index in [1.807, 2.05) is 34.7 Å². The Bertz CT molecular complexity index is 316. The first kappa shape index (κ1) is 10.7. The third-order valence-electron chi connectivity index (χ3n) is 1.46. The monoisotopic (exact) mass is 306 g/mol. The number of carbonyl (C=O) groups excluding carboxylic acids is 1. The summed E-state index contributed by atoms with van der Waals surface area (Å²) in [5, 5.41) is 0.706. The number of carbonyl (C=O) groups is 1. The van der Waals surface area contributed by atoms with Gasteiger partial charge in [-0.2, -0.15) is 0 Å². The van der Waals surface area contributed by atoms with Crippen molar-refractivity contribution in [3.8, 4) is 0 Å². The van der Waals surface area contributed by atoms with Crippen molar-refractivity contribution >= 4 is 46.1 Å². The summed E-state index contributed by atoms with van der Waals surface area (Å²) in [4.78, 5) is 10.9. The molecular weight excluding hydrogens is 298 g/mol. The minimum absolute atomic E-state index is 0.121. The van der Waals surface area contributed by atoms with E-state index in [0.29, 0.717) is 9.45 Å². The molecule has 1 rings (SSSR count). The Labute approximate surface area is 95.9 Å². The number of alkyl halides is 1. The molecule has 1 aromatic rings. The van der Waals surface area contributed by atoms with Crippen molar-refractivity contribution in [3.05, 3.63) is 40.9 Å². The van der Waals surface area contributed by atoms with Crippen molar-refractivity contribution in [3.63, 3.8) is 0 Å². The number of benzene rings is 1. The van der Waals surface area contributed by atoms with Gasteiger partial charge in [0, 0.05) is 5.02 Å². The van der Waals surface area contributed by atoms with Gasteiger partial charge in [0.25, 0.3) is 0 Å². The van der Waals surface area contributed by atoms with Crippen LogP contribution in [0.2, 0.25) is 5.02 Å². The minimum atomic E-state index is 0.121. The van der Waals surface area contributed by atoms with Crippen molar-refractivity contribution < 1.29 is 4.79 Å². The SMILES string of the molecule is O=C(/C=C/c1ccc(Cl)cc1)CI. The van der Waals surface area contributed by atoms with Gasteiger partial charge in [-0.3, -0.25) is 4.79 Å². The Morgan fingerprint density at radius 1 is 1.38 bits per heavy atom. The third-order valence-corrected chi connectivity index (χ3v) is 2.47. The molecule has 0 fully saturated rings. The second-order valence-electron chi connectivity index (χ2n) is 2.48. The van der Waals surface area contributed by atoms with E-state index in [-0.39, 0.29) is 5.78 Å². The van der Waals surface area contributed by atoms with Gasteiger partial charge in [-0.05, 0) is 23.8 Å². The Balaban J connectivity index is 2.69. The number of ketones is 1. The Morgan fingerprint density at radius 2 is 2.00 bits per heavy atom. The minimum Gasteiger partial charge on any atom is -0.294 e. The highest BCUT2D eigenvalue weighted by atomic mass is 127. The van der Waals surface area contributed by atoms with E-state index in [1.54, 1.807) is 24.3 Å². The van der Waals surface area contributed by atoms with Gasteiger partial charge >= 0.3 is 0 Å². The fourth-order valence-corrected chi connectivity index (χ4v) is 1.19. The molecule has 0 saturated carbocycles. The molecule has 0 aromatic heterocycles. The molecule has 13 heavy (non-hydrogen) atoms. The van der Waals surface area contributed by atoms with E-state index >= 15 is 0 Å². The molecule has 1 nitrogen and oxygen atoms in total. The van der Waals surface area contributed by atoms with E-state index < -0.39 is 0 Å². The standard InChI is InChI=1S/C10H8ClIO/c11-9-4-1-8(2-5-9)3-6-10(13)7-12/h1-6H,7H2/b6-3+. The van der Waals surface area contributed by atoms with Crippen LogP contribution < -0.4 is 0 Å². The number of rotatable bonds is 3. The van der Waals surface area contributed by atoms with Crippen LogP contribution in [0, 0.1) is 0 Å². The Morgan fingerprint density at radius 3 is 2.54 bits per heavy atom. The van der Waals surface area contributed by atoms with E-state index in [9.17, 15) is 4.79 Å². The molecule has 0 bridgehead atoms. The van der Waals surface area contributed by atoms with Gasteiger partial charge in [0.2, 0.25) is 0 Å². The van der Waals surface area contributed by atoms with E-state index in [0.717, 1.165) is 5.56 Å². The molecule has 0 amide bonds. The molecule has 0 unspecified atom stereocenters. The molecule has 3 heteroatoms. The van der Waals surface area contributed by atoms with Gasteiger partial charge in [0.1, 0.15) is 0 Å². The maximum Gasteiger partial charge on any atom is 0.165 e. The van der Waals surface area contributed by atoms with Crippen LogP contribution in [0.1, 0.15) is 5.56 Å². The van der Waals surface area contributed by atoms with Crippen LogP contribution in [0.3, 0.4) is 0 Å². The lowest BCUT2D eigenvalue weighted by molar-refractivity contribution is -0.112. The van der Waals surface area contributed by atoms with Crippen LogP contribution in [-0.4, -0.2) is 10.2 Å². The van der Waals surface area contributed by atoms with Gasteiger partial charge < -0.3 is 0 Å². The molecule has 0 aliphatic rings. The highest BCUT2D eigenvalue weighted by Crippen LogP contribution is 2.10. The van der Waals surface area contributed by atoms with Crippen LogP contribution in [0.4, 0.5) is 0 Å². The van der Waals surface area contributed by atoms with Crippen molar-refractivity contribution in [2.75, 3.05) is 4.43 Å². The summed E-state index contributed by atoms with van der Waals surface area (Å²) in [6.07, 6.45) is 3.37. The molecule has 0 aliphatic heterocycles. The van der Waals surface area contributed by atoms with E-state index in [4.69, 9.17) is 11.6 Å². The zero-order valence-electron chi connectivity index (χ0n) is 6.84. The molecular formula is C10H8ClIO. The van der Waals surface area contributed by atoms with Crippen molar-refractivity contribution in [2.45, 2.75) is 0 Å². The quantitative estimate of drug-likeness (QED) is 0.475. The molecule has 0 heterocycles. The number of hydrogen-bond donors (Lipinski definition) is 0. The van der Waals surface area contributed by atoms with E-state index in [1.165, 1.54) is 0 Å². The number of halogens is 2. The topological polar surface area (TPSA) is 17.1 Å². The second kappa shape index (κ2) is 5.40. The summed E-state index contributed by atoms with van der Waals surface area (Å²) in [6, 6.07) is 7.35. The van der Waals surface area contributed by atoms with Crippen molar-refractivity contribution in [1.29, 1.82) is 0 Å². The summed E-state index contributed by atoms with van der Waals surface area (Å²) < 4.78 is 0.516. The lowest BCUT2D eigenvalue weighted by Crippen LogP contribution is -1.90. The summed E-state index contributed by atoms with van der Waals surface area (Å²) >= 11 is 7.75. The van der Waals surface area contributed by atoms with Gasteiger partial charge in [-0.15, -0.1) is 0 Å². The van der Waals surface area contributed by atoms with Gasteiger partial charge in [0.05, 0.1) is 4.43 Å². The lowest BCUT2D eigenvalue weighted by Gasteiger charge is -1.92. The fourth-order valence-electron chi connectivity index (χ4n) is 0.808. The van der Waals surface area contributed by atoms with Gasteiger partial charge in [-0.25, -0.2) is 0 Å². The van der Waals surface area contributed by atoms with Crippen molar-refractivity contribution in [2.24, 2.45) is 0 Å². The number of allylic oxidation sites excluding steroid dienone is 1. The second-order valence-corrected chi connectivity index (χ2v) is 3.68. The zero-order valence-corrected chi connectivity index (χ0v) is 9.75. The summed E-state index contributed by atoms with van der Waals surface area (Å²) in [7, 11) is 0. The molecule has 68 valence electrons. The van der Waals surface area contributed by atoms with Gasteiger partial charge in [0.15, 0.2) is 5.78 Å². The predicted molar refractivity (Wildman–Crippen MR) is 64.4 cm³/mol. The van der Waals surface area contributed by atoms with Crippen molar-refractivity contribution in [1.82, 2.24) is 0 Å². The summed E-state index contributed by atoms with van der Waals surface area (Å²) in [5.74, 6) is 0.121. The highest BCUT2D eigenvalue weighted by molar-refractivity contribution is 14.1. The third kappa shape index (κ3) is 3.91. The normalized spacial score (nSPS) is 10.6. The average Bonchev–Trinajstić information content (AvgIpc) is 2.16. The van der Waals surface area contributed by atoms with Gasteiger partial charge in [-0.1, -0.05) is 52.4 Å². The largest absolute Gasteiger partial charge is 0.294 e. The molecule has 0 N–H and O–H groups in total. The zero-order chi connectivity index (χ0) is 9.68. The van der Waals surface area contributed by atoms with Crippen LogP contribution >= 0.6 is 34.2 Å². The van der Waals surface area contributed by atoms with E-state index in [2.05, 4.69) is 0 Å². The maximum absolute atomic E-state index is 10.9. The first-order valence-corrected chi connectivity index (χ1v) is 5.65. The van der Waals surface area contributed by atoms with Crippen LogP contribution in [0.15, 0.2) is 30.3 Å². The fraction of sp³-hybridized carbons (Fsp3) is 0.100.